The first-order valence-corrected chi connectivity index (χ1v) is 6.27. The Morgan fingerprint density at radius 1 is 1.39 bits per heavy atom. The number of nitrogens with zero attached hydrogens (tertiary/aromatic N) is 2. The highest BCUT2D eigenvalue weighted by Crippen LogP contribution is 2.10. The summed E-state index contributed by atoms with van der Waals surface area (Å²) >= 11 is 0. The summed E-state index contributed by atoms with van der Waals surface area (Å²) < 4.78 is 8.21. The van der Waals surface area contributed by atoms with Crippen molar-refractivity contribution in [1.82, 2.24) is 14.5 Å². The van der Waals surface area contributed by atoms with Crippen LogP contribution in [0.15, 0.2) is 22.0 Å². The zero-order valence-corrected chi connectivity index (χ0v) is 10.6. The number of hydrogen-bond donors (Lipinski definition) is 1. The molecule has 100 valence electrons. The quantitative estimate of drug-likeness (QED) is 0.557. The van der Waals surface area contributed by atoms with Crippen molar-refractivity contribution in [3.05, 3.63) is 33.1 Å². The van der Waals surface area contributed by atoms with E-state index in [1.807, 2.05) is 0 Å². The maximum atomic E-state index is 11.6. The van der Waals surface area contributed by atoms with Crippen molar-refractivity contribution in [2.75, 3.05) is 19.7 Å². The molecule has 0 aromatic carbocycles. The van der Waals surface area contributed by atoms with E-state index in [0.29, 0.717) is 19.2 Å². The van der Waals surface area contributed by atoms with E-state index < -0.39 is 11.1 Å². The molecule has 0 amide bonds. The Hall–Kier alpha value is -1.40. The molecule has 0 spiro atoms. The molecule has 1 aromatic heterocycles. The van der Waals surface area contributed by atoms with Crippen molar-refractivity contribution in [2.24, 2.45) is 7.05 Å². The van der Waals surface area contributed by atoms with E-state index in [1.165, 1.54) is 9.13 Å². The third-order valence-corrected chi connectivity index (χ3v) is 3.16. The standard InChI is InChI=1S/C12H19N3O3/c1-14-6-7-15(12(17)11(14)16)5-4-13-9-10-3-2-8-18-10/h6-7,10,13H,2-5,8-9H2,1H3. The summed E-state index contributed by atoms with van der Waals surface area (Å²) in [7, 11) is 1.57. The van der Waals surface area contributed by atoms with Gasteiger partial charge in [0.05, 0.1) is 6.10 Å². The van der Waals surface area contributed by atoms with Gasteiger partial charge >= 0.3 is 11.1 Å². The van der Waals surface area contributed by atoms with E-state index in [2.05, 4.69) is 5.32 Å². The van der Waals surface area contributed by atoms with Crippen LogP contribution in [-0.4, -0.2) is 34.9 Å². The maximum absolute atomic E-state index is 11.6. The summed E-state index contributed by atoms with van der Waals surface area (Å²) in [6.07, 6.45) is 5.76. The molecule has 2 rings (SSSR count). The van der Waals surface area contributed by atoms with Crippen molar-refractivity contribution in [3.63, 3.8) is 0 Å². The van der Waals surface area contributed by atoms with Crippen molar-refractivity contribution in [2.45, 2.75) is 25.5 Å². The maximum Gasteiger partial charge on any atom is 0.316 e. The molecule has 0 aliphatic carbocycles. The van der Waals surface area contributed by atoms with Gasteiger partial charge in [0, 0.05) is 45.7 Å². The number of aryl methyl sites for hydroxylation is 1. The predicted octanol–water partition coefficient (Wildman–Crippen LogP) is -0.684. The van der Waals surface area contributed by atoms with Gasteiger partial charge in [0.15, 0.2) is 0 Å². The molecule has 1 aliphatic rings. The molecule has 6 nitrogen and oxygen atoms in total. The Bertz CT molecular complexity index is 500. The molecule has 1 saturated heterocycles. The smallest absolute Gasteiger partial charge is 0.316 e. The van der Waals surface area contributed by atoms with Crippen LogP contribution >= 0.6 is 0 Å². The predicted molar refractivity (Wildman–Crippen MR) is 67.8 cm³/mol. The van der Waals surface area contributed by atoms with Crippen LogP contribution in [0.5, 0.6) is 0 Å². The molecule has 0 radical (unpaired) electrons. The second-order valence-electron chi connectivity index (χ2n) is 4.55. The fourth-order valence-corrected chi connectivity index (χ4v) is 2.03. The van der Waals surface area contributed by atoms with Crippen molar-refractivity contribution in [1.29, 1.82) is 0 Å². The van der Waals surface area contributed by atoms with Crippen LogP contribution in [0.4, 0.5) is 0 Å². The second-order valence-corrected chi connectivity index (χ2v) is 4.55. The van der Waals surface area contributed by atoms with Gasteiger partial charge in [-0.25, -0.2) is 0 Å². The van der Waals surface area contributed by atoms with E-state index >= 15 is 0 Å². The number of hydrogen-bond acceptors (Lipinski definition) is 4. The molecule has 1 N–H and O–H groups in total. The van der Waals surface area contributed by atoms with Crippen molar-refractivity contribution in [3.8, 4) is 0 Å². The summed E-state index contributed by atoms with van der Waals surface area (Å²) in [4.78, 5) is 23.0. The van der Waals surface area contributed by atoms with Gasteiger partial charge in [0.2, 0.25) is 0 Å². The molecule has 6 heteroatoms. The summed E-state index contributed by atoms with van der Waals surface area (Å²) in [6.45, 7) is 2.81. The van der Waals surface area contributed by atoms with Gasteiger partial charge in [-0.05, 0) is 12.8 Å². The second kappa shape index (κ2) is 5.97. The Morgan fingerprint density at radius 3 is 2.94 bits per heavy atom. The minimum atomic E-state index is -0.489. The first-order chi connectivity index (χ1) is 8.68. The molecule has 1 unspecified atom stereocenters. The summed E-state index contributed by atoms with van der Waals surface area (Å²) in [5, 5.41) is 3.24. The van der Waals surface area contributed by atoms with Gasteiger partial charge < -0.3 is 19.2 Å². The third kappa shape index (κ3) is 3.08. The van der Waals surface area contributed by atoms with Gasteiger partial charge in [0.25, 0.3) is 0 Å². The van der Waals surface area contributed by atoms with Crippen LogP contribution in [-0.2, 0) is 18.3 Å². The molecule has 2 heterocycles. The van der Waals surface area contributed by atoms with Crippen molar-refractivity contribution >= 4 is 0 Å². The Balaban J connectivity index is 1.81. The fraction of sp³-hybridized carbons (Fsp3) is 0.667. The number of aromatic nitrogens is 2. The molecule has 1 fully saturated rings. The molecule has 0 saturated carbocycles. The van der Waals surface area contributed by atoms with Crippen LogP contribution in [0.25, 0.3) is 0 Å². The van der Waals surface area contributed by atoms with Gasteiger partial charge in [-0.2, -0.15) is 0 Å². The first-order valence-electron chi connectivity index (χ1n) is 6.27. The highest BCUT2D eigenvalue weighted by atomic mass is 16.5. The lowest BCUT2D eigenvalue weighted by atomic mass is 10.2. The largest absolute Gasteiger partial charge is 0.377 e. The van der Waals surface area contributed by atoms with Gasteiger partial charge in [-0.1, -0.05) is 0 Å². The Morgan fingerprint density at radius 2 is 2.22 bits per heavy atom. The summed E-state index contributed by atoms with van der Waals surface area (Å²) in [6, 6.07) is 0. The van der Waals surface area contributed by atoms with E-state index in [4.69, 9.17) is 4.74 Å². The summed E-state index contributed by atoms with van der Waals surface area (Å²) in [5.41, 5.74) is -0.962. The van der Waals surface area contributed by atoms with Crippen LogP contribution < -0.4 is 16.4 Å². The number of rotatable bonds is 5. The minimum absolute atomic E-state index is 0.297. The lowest BCUT2D eigenvalue weighted by Crippen LogP contribution is -2.41. The van der Waals surface area contributed by atoms with Gasteiger partial charge in [-0.3, -0.25) is 9.59 Å². The monoisotopic (exact) mass is 253 g/mol. The zero-order valence-electron chi connectivity index (χ0n) is 10.6. The molecule has 1 aliphatic heterocycles. The van der Waals surface area contributed by atoms with Gasteiger partial charge in [-0.15, -0.1) is 0 Å². The third-order valence-electron chi connectivity index (χ3n) is 3.16. The summed E-state index contributed by atoms with van der Waals surface area (Å²) in [5.74, 6) is 0. The van der Waals surface area contributed by atoms with Crippen LogP contribution in [0.1, 0.15) is 12.8 Å². The lowest BCUT2D eigenvalue weighted by molar-refractivity contribution is 0.110. The average molecular weight is 253 g/mol. The van der Waals surface area contributed by atoms with Crippen LogP contribution in [0.3, 0.4) is 0 Å². The fourth-order valence-electron chi connectivity index (χ4n) is 2.03. The molecule has 1 aromatic rings. The van der Waals surface area contributed by atoms with E-state index in [9.17, 15) is 9.59 Å². The molecule has 0 bridgehead atoms. The highest BCUT2D eigenvalue weighted by molar-refractivity contribution is 4.84. The lowest BCUT2D eigenvalue weighted by Gasteiger charge is -2.11. The van der Waals surface area contributed by atoms with Crippen molar-refractivity contribution < 1.29 is 4.74 Å². The van der Waals surface area contributed by atoms with E-state index in [-0.39, 0.29) is 0 Å². The van der Waals surface area contributed by atoms with Gasteiger partial charge in [0.1, 0.15) is 0 Å². The molecular formula is C12H19N3O3. The Kier molecular flexibility index (Phi) is 4.33. The average Bonchev–Trinajstić information content (AvgIpc) is 2.87. The minimum Gasteiger partial charge on any atom is -0.377 e. The van der Waals surface area contributed by atoms with Crippen LogP contribution in [0.2, 0.25) is 0 Å². The topological polar surface area (TPSA) is 65.3 Å². The van der Waals surface area contributed by atoms with E-state index in [1.54, 1.807) is 19.4 Å². The molecule has 18 heavy (non-hydrogen) atoms. The highest BCUT2D eigenvalue weighted by Gasteiger charge is 2.14. The number of ether oxygens (including phenoxy) is 1. The molecular weight excluding hydrogens is 234 g/mol. The normalized spacial score (nSPS) is 19.3. The SMILES string of the molecule is Cn1ccn(CCNCC2CCCO2)c(=O)c1=O. The Labute approximate surface area is 105 Å². The first kappa shape index (κ1) is 13.0. The number of nitrogens with one attached hydrogen (secondary N) is 1. The zero-order chi connectivity index (χ0) is 13.0. The van der Waals surface area contributed by atoms with E-state index in [0.717, 1.165) is 26.0 Å². The van der Waals surface area contributed by atoms with Crippen LogP contribution in [0, 0.1) is 0 Å². The molecule has 1 atom stereocenters.